The number of carbonyl (C=O) groups is 1. The quantitative estimate of drug-likeness (QED) is 0.613. The average molecular weight is 203 g/mol. The van der Waals surface area contributed by atoms with Crippen LogP contribution in [0.3, 0.4) is 0 Å². The number of carboxylic acid groups (broad SMARTS) is 1. The second-order valence-corrected chi connectivity index (χ2v) is 2.86. The lowest BCUT2D eigenvalue weighted by Crippen LogP contribution is -2.35. The molecule has 0 spiro atoms. The molecule has 0 aromatic heterocycles. The molecule has 5 heteroatoms. The molecule has 0 unspecified atom stereocenters. The molecule has 1 aromatic carbocycles. The lowest BCUT2D eigenvalue weighted by Gasteiger charge is -2.17. The Kier molecular flexibility index (Phi) is 2.56. The average Bonchev–Trinajstić information content (AvgIpc) is 2.04. The van der Waals surface area contributed by atoms with Gasteiger partial charge in [0.2, 0.25) is 0 Å². The summed E-state index contributed by atoms with van der Waals surface area (Å²) in [7, 11) is 0. The molecule has 0 aliphatic carbocycles. The Morgan fingerprint density at radius 3 is 2.31 bits per heavy atom. The first-order valence-corrected chi connectivity index (χ1v) is 3.77. The van der Waals surface area contributed by atoms with Crippen LogP contribution in [0.25, 0.3) is 0 Å². The van der Waals surface area contributed by atoms with Gasteiger partial charge in [0.1, 0.15) is 0 Å². The molecule has 1 rings (SSSR count). The minimum absolute atomic E-state index is 0.00472. The van der Waals surface area contributed by atoms with Gasteiger partial charge in [-0.2, -0.15) is 0 Å². The van der Waals surface area contributed by atoms with Crippen molar-refractivity contribution < 1.29 is 20.1 Å². The van der Waals surface area contributed by atoms with Crippen molar-refractivity contribution >= 4 is 17.6 Å². The molecule has 4 nitrogen and oxygen atoms in total. The van der Waals surface area contributed by atoms with Crippen LogP contribution in [0.2, 0.25) is 5.02 Å². The number of aliphatic carboxylic acids is 1. The fourth-order valence-electron chi connectivity index (χ4n) is 0.859. The van der Waals surface area contributed by atoms with E-state index in [0.717, 1.165) is 0 Å². The van der Waals surface area contributed by atoms with E-state index >= 15 is 0 Å². The van der Waals surface area contributed by atoms with Crippen molar-refractivity contribution in [2.75, 3.05) is 0 Å². The molecular weight excluding hydrogens is 196 g/mol. The highest BCUT2D eigenvalue weighted by Gasteiger charge is 2.37. The number of aliphatic hydroxyl groups is 2. The number of halogens is 1. The molecule has 0 atom stereocenters. The molecule has 0 radical (unpaired) electrons. The fourth-order valence-corrected chi connectivity index (χ4v) is 1.13. The van der Waals surface area contributed by atoms with Crippen LogP contribution in [-0.4, -0.2) is 21.3 Å². The highest BCUT2D eigenvalue weighted by molar-refractivity contribution is 6.31. The van der Waals surface area contributed by atoms with E-state index in [9.17, 15) is 4.79 Å². The van der Waals surface area contributed by atoms with Gasteiger partial charge in [0.25, 0.3) is 5.79 Å². The topological polar surface area (TPSA) is 77.8 Å². The van der Waals surface area contributed by atoms with Gasteiger partial charge in [-0.3, -0.25) is 0 Å². The highest BCUT2D eigenvalue weighted by atomic mass is 35.5. The molecule has 3 N–H and O–H groups in total. The Morgan fingerprint density at radius 1 is 1.31 bits per heavy atom. The van der Waals surface area contributed by atoms with E-state index in [2.05, 4.69) is 0 Å². The maximum absolute atomic E-state index is 10.4. The maximum Gasteiger partial charge on any atom is 0.369 e. The minimum atomic E-state index is -2.93. The van der Waals surface area contributed by atoms with Crippen LogP contribution in [0.5, 0.6) is 0 Å². The summed E-state index contributed by atoms with van der Waals surface area (Å²) in [4.78, 5) is 10.4. The van der Waals surface area contributed by atoms with E-state index in [0.29, 0.717) is 0 Å². The number of hydrogen-bond donors (Lipinski definition) is 3. The van der Waals surface area contributed by atoms with Crippen LogP contribution in [0.4, 0.5) is 0 Å². The number of carboxylic acids is 1. The summed E-state index contributed by atoms with van der Waals surface area (Å²) in [5.41, 5.74) is -0.246. The third-order valence-corrected chi connectivity index (χ3v) is 1.88. The first kappa shape index (κ1) is 9.98. The molecular formula is C8H7ClO4. The number of rotatable bonds is 2. The largest absolute Gasteiger partial charge is 0.477 e. The Labute approximate surface area is 79.0 Å². The van der Waals surface area contributed by atoms with Crippen molar-refractivity contribution in [2.24, 2.45) is 0 Å². The summed E-state index contributed by atoms with van der Waals surface area (Å²) < 4.78 is 0. The van der Waals surface area contributed by atoms with Crippen LogP contribution in [-0.2, 0) is 10.6 Å². The molecule has 0 fully saturated rings. The summed E-state index contributed by atoms with van der Waals surface area (Å²) in [6.07, 6.45) is 0. The molecule has 0 heterocycles. The first-order valence-electron chi connectivity index (χ1n) is 3.39. The normalized spacial score (nSPS) is 11.3. The second-order valence-electron chi connectivity index (χ2n) is 2.46. The first-order chi connectivity index (χ1) is 5.96. The van der Waals surface area contributed by atoms with E-state index in [1.54, 1.807) is 6.07 Å². The summed E-state index contributed by atoms with van der Waals surface area (Å²) in [5.74, 6) is -4.70. The minimum Gasteiger partial charge on any atom is -0.477 e. The Hall–Kier alpha value is -1.10. The van der Waals surface area contributed by atoms with Gasteiger partial charge in [-0.25, -0.2) is 4.79 Å². The van der Waals surface area contributed by atoms with E-state index in [1.165, 1.54) is 18.2 Å². The molecule has 0 saturated heterocycles. The zero-order valence-corrected chi connectivity index (χ0v) is 7.19. The molecule has 0 aliphatic rings. The summed E-state index contributed by atoms with van der Waals surface area (Å²) in [6, 6.07) is 5.63. The van der Waals surface area contributed by atoms with E-state index in [-0.39, 0.29) is 10.6 Å². The van der Waals surface area contributed by atoms with Crippen LogP contribution >= 0.6 is 11.6 Å². The van der Waals surface area contributed by atoms with Gasteiger partial charge in [-0.1, -0.05) is 29.8 Å². The third kappa shape index (κ3) is 1.80. The monoisotopic (exact) mass is 202 g/mol. The van der Waals surface area contributed by atoms with Crippen molar-refractivity contribution in [2.45, 2.75) is 5.79 Å². The van der Waals surface area contributed by atoms with Crippen LogP contribution in [0, 0.1) is 0 Å². The summed E-state index contributed by atoms with van der Waals surface area (Å²) in [5, 5.41) is 26.7. The molecule has 0 aliphatic heterocycles. The lowest BCUT2D eigenvalue weighted by atomic mass is 10.1. The molecule has 70 valence electrons. The van der Waals surface area contributed by atoms with Crippen LogP contribution < -0.4 is 0 Å². The van der Waals surface area contributed by atoms with Crippen molar-refractivity contribution in [1.29, 1.82) is 0 Å². The van der Waals surface area contributed by atoms with Crippen molar-refractivity contribution in [3.63, 3.8) is 0 Å². The molecule has 1 aromatic rings. The summed E-state index contributed by atoms with van der Waals surface area (Å²) >= 11 is 5.57. The van der Waals surface area contributed by atoms with Gasteiger partial charge in [-0.15, -0.1) is 0 Å². The van der Waals surface area contributed by atoms with Gasteiger partial charge in [-0.05, 0) is 6.07 Å². The smallest absolute Gasteiger partial charge is 0.369 e. The molecule has 13 heavy (non-hydrogen) atoms. The van der Waals surface area contributed by atoms with Gasteiger partial charge >= 0.3 is 5.97 Å². The number of hydrogen-bond acceptors (Lipinski definition) is 3. The van der Waals surface area contributed by atoms with Crippen molar-refractivity contribution in [1.82, 2.24) is 0 Å². The van der Waals surface area contributed by atoms with Gasteiger partial charge in [0, 0.05) is 10.6 Å². The molecule has 0 saturated carbocycles. The Morgan fingerprint density at radius 2 is 1.85 bits per heavy atom. The Bertz CT molecular complexity index is 335. The van der Waals surface area contributed by atoms with Crippen LogP contribution in [0.1, 0.15) is 5.56 Å². The SMILES string of the molecule is O=C(O)C(O)(O)c1ccccc1Cl. The predicted octanol–water partition coefficient (Wildman–Crippen LogP) is 0.562. The van der Waals surface area contributed by atoms with E-state index < -0.39 is 11.8 Å². The standard InChI is InChI=1S/C8H7ClO4/c9-6-4-2-1-3-5(6)8(12,13)7(10)11/h1-4,12-13H,(H,10,11). The molecule has 0 amide bonds. The Balaban J connectivity index is 3.22. The second kappa shape index (κ2) is 3.33. The van der Waals surface area contributed by atoms with Crippen molar-refractivity contribution in [3.8, 4) is 0 Å². The zero-order valence-electron chi connectivity index (χ0n) is 6.44. The zero-order chi connectivity index (χ0) is 10.1. The predicted molar refractivity (Wildman–Crippen MR) is 45.2 cm³/mol. The van der Waals surface area contributed by atoms with Crippen LogP contribution in [0.15, 0.2) is 24.3 Å². The highest BCUT2D eigenvalue weighted by Crippen LogP contribution is 2.25. The number of benzene rings is 1. The lowest BCUT2D eigenvalue weighted by molar-refractivity contribution is -0.208. The van der Waals surface area contributed by atoms with Gasteiger partial charge in [0.15, 0.2) is 0 Å². The van der Waals surface area contributed by atoms with Gasteiger partial charge < -0.3 is 15.3 Å². The van der Waals surface area contributed by atoms with Crippen molar-refractivity contribution in [3.05, 3.63) is 34.9 Å². The third-order valence-electron chi connectivity index (χ3n) is 1.55. The maximum atomic E-state index is 10.4. The van der Waals surface area contributed by atoms with E-state index in [1.807, 2.05) is 0 Å². The fraction of sp³-hybridized carbons (Fsp3) is 0.125. The summed E-state index contributed by atoms with van der Waals surface area (Å²) in [6.45, 7) is 0. The molecule has 0 bridgehead atoms. The van der Waals surface area contributed by atoms with Gasteiger partial charge in [0.05, 0.1) is 0 Å². The van der Waals surface area contributed by atoms with E-state index in [4.69, 9.17) is 26.9 Å².